The second kappa shape index (κ2) is 25.4. The summed E-state index contributed by atoms with van der Waals surface area (Å²) in [5, 5.41) is 4.73. The standard InChI is InChI=1S/C48H39N3O16S/c1-5-41(52)62-27-60-38-24-32(15-13-30(38)17-21-44(55)59-8-4)46(57)66-35-19-20-37(34(23-35)26-49-51-48-50-36-11-9-10-12-40(36)68-48)67-47(58)33-16-14-31(39(25-33)61-28-63-42(53)6-2)18-22-45(56)65-29-64-43(54)7-3/h5-7,9-26H,1-3,8,27-29H2,4H3,(H,50,51)/b21-17+,22-18+,49-26+. The molecule has 4 aromatic carbocycles. The predicted octanol–water partition coefficient (Wildman–Crippen LogP) is 7.13. The highest BCUT2D eigenvalue weighted by molar-refractivity contribution is 7.22. The largest absolute Gasteiger partial charge is 0.463 e. The highest BCUT2D eigenvalue weighted by Gasteiger charge is 2.18. The summed E-state index contributed by atoms with van der Waals surface area (Å²) in [5.74, 6) is -5.67. The van der Waals surface area contributed by atoms with Crippen LogP contribution in [-0.2, 0) is 47.7 Å². The molecule has 5 aromatic rings. The lowest BCUT2D eigenvalue weighted by Gasteiger charge is -2.13. The number of fused-ring (bicyclic) bond motifs is 1. The van der Waals surface area contributed by atoms with E-state index in [0.29, 0.717) is 10.7 Å². The first-order chi connectivity index (χ1) is 32.9. The number of hydrazone groups is 1. The highest BCUT2D eigenvalue weighted by Crippen LogP contribution is 2.29. The molecule has 0 radical (unpaired) electrons. The van der Waals surface area contributed by atoms with Crippen LogP contribution in [-0.4, -0.2) is 80.0 Å². The molecule has 68 heavy (non-hydrogen) atoms. The van der Waals surface area contributed by atoms with Crippen molar-refractivity contribution in [2.24, 2.45) is 5.10 Å². The van der Waals surface area contributed by atoms with Gasteiger partial charge < -0.3 is 42.6 Å². The van der Waals surface area contributed by atoms with Gasteiger partial charge in [0.25, 0.3) is 0 Å². The summed E-state index contributed by atoms with van der Waals surface area (Å²) in [4.78, 5) is 90.5. The van der Waals surface area contributed by atoms with Gasteiger partial charge in [0, 0.05) is 47.1 Å². The summed E-state index contributed by atoms with van der Waals surface area (Å²) in [6.45, 7) is 9.87. The first-order valence-corrected chi connectivity index (χ1v) is 20.5. The smallest absolute Gasteiger partial charge is 0.343 e. The van der Waals surface area contributed by atoms with E-state index in [9.17, 15) is 33.6 Å². The normalized spacial score (nSPS) is 10.8. The Morgan fingerprint density at radius 1 is 0.603 bits per heavy atom. The molecule has 0 aliphatic carbocycles. The number of esters is 7. The van der Waals surface area contributed by atoms with E-state index in [2.05, 4.69) is 40.0 Å². The van der Waals surface area contributed by atoms with Crippen molar-refractivity contribution in [1.82, 2.24) is 4.98 Å². The molecule has 20 heteroatoms. The first kappa shape index (κ1) is 49.8. The van der Waals surface area contributed by atoms with Gasteiger partial charge in [0.1, 0.15) is 23.0 Å². The number of hydrogen-bond donors (Lipinski definition) is 1. The van der Waals surface area contributed by atoms with Crippen molar-refractivity contribution in [2.75, 3.05) is 32.4 Å². The van der Waals surface area contributed by atoms with E-state index in [4.69, 9.17) is 37.9 Å². The van der Waals surface area contributed by atoms with Crippen LogP contribution in [0.4, 0.5) is 5.13 Å². The summed E-state index contributed by atoms with van der Waals surface area (Å²) in [7, 11) is 0. The van der Waals surface area contributed by atoms with Gasteiger partial charge >= 0.3 is 41.8 Å². The Bertz CT molecular complexity index is 2790. The molecular formula is C48H39N3O16S. The van der Waals surface area contributed by atoms with Crippen LogP contribution in [0.5, 0.6) is 23.0 Å². The Morgan fingerprint density at radius 2 is 1.15 bits per heavy atom. The molecule has 0 bridgehead atoms. The van der Waals surface area contributed by atoms with Gasteiger partial charge in [-0.25, -0.2) is 38.5 Å². The fraction of sp³-hybridized carbons (Fsp3) is 0.104. The van der Waals surface area contributed by atoms with Crippen molar-refractivity contribution in [3.05, 3.63) is 157 Å². The maximum atomic E-state index is 13.7. The van der Waals surface area contributed by atoms with E-state index in [1.165, 1.54) is 84.3 Å². The van der Waals surface area contributed by atoms with Crippen LogP contribution in [0.25, 0.3) is 22.4 Å². The third kappa shape index (κ3) is 15.2. The van der Waals surface area contributed by atoms with Gasteiger partial charge in [-0.3, -0.25) is 5.43 Å². The summed E-state index contributed by atoms with van der Waals surface area (Å²) < 4.78 is 47.8. The molecule has 0 spiro atoms. The lowest BCUT2D eigenvalue weighted by atomic mass is 10.1. The Labute approximate surface area is 391 Å². The molecule has 1 aromatic heterocycles. The zero-order chi connectivity index (χ0) is 48.8. The van der Waals surface area contributed by atoms with E-state index in [-0.39, 0.29) is 51.9 Å². The Hall–Kier alpha value is -9.17. The number of nitrogens with zero attached hydrogens (tertiary/aromatic N) is 2. The number of nitrogens with one attached hydrogen (secondary N) is 1. The molecule has 0 unspecified atom stereocenters. The lowest BCUT2D eigenvalue weighted by Crippen LogP contribution is -2.13. The van der Waals surface area contributed by atoms with E-state index >= 15 is 0 Å². The summed E-state index contributed by atoms with van der Waals surface area (Å²) in [6.07, 6.45) is 8.88. The van der Waals surface area contributed by atoms with Crippen molar-refractivity contribution in [2.45, 2.75) is 6.92 Å². The van der Waals surface area contributed by atoms with Crippen molar-refractivity contribution in [3.8, 4) is 23.0 Å². The van der Waals surface area contributed by atoms with Crippen molar-refractivity contribution in [3.63, 3.8) is 0 Å². The van der Waals surface area contributed by atoms with E-state index in [1.807, 2.05) is 24.3 Å². The van der Waals surface area contributed by atoms with Crippen LogP contribution in [0.1, 0.15) is 44.3 Å². The van der Waals surface area contributed by atoms with Gasteiger partial charge in [-0.2, -0.15) is 5.10 Å². The minimum absolute atomic E-state index is 0.00644. The fourth-order valence-electron chi connectivity index (χ4n) is 5.21. The SMILES string of the molecule is C=CC(=O)OCOC(=O)/C=C/c1ccc(C(=O)Oc2ccc(OC(=O)c3ccc(/C=C/C(=O)OCC)c(OCOC(=O)C=C)c3)cc2/C=N/Nc2nc3ccccc3s2)cc1OCOC(=O)C=C. The van der Waals surface area contributed by atoms with Gasteiger partial charge in [-0.05, 0) is 73.7 Å². The van der Waals surface area contributed by atoms with Crippen LogP contribution in [0.15, 0.2) is 134 Å². The number of rotatable bonds is 23. The van der Waals surface area contributed by atoms with E-state index in [0.717, 1.165) is 40.6 Å². The Kier molecular flexibility index (Phi) is 18.6. The van der Waals surface area contributed by atoms with Gasteiger partial charge in [-0.15, -0.1) is 0 Å². The van der Waals surface area contributed by atoms with Gasteiger partial charge in [0.2, 0.25) is 25.5 Å². The number of carbonyl (C=O) groups excluding carboxylic acids is 7. The molecule has 5 rings (SSSR count). The van der Waals surface area contributed by atoms with Crippen molar-refractivity contribution in [1.29, 1.82) is 0 Å². The number of benzene rings is 4. The monoisotopic (exact) mass is 945 g/mol. The summed E-state index contributed by atoms with van der Waals surface area (Å²) in [6, 6.07) is 19.8. The number of hydrogen-bond acceptors (Lipinski definition) is 20. The van der Waals surface area contributed by atoms with Crippen LogP contribution >= 0.6 is 11.3 Å². The quantitative estimate of drug-likeness (QED) is 0.0130. The van der Waals surface area contributed by atoms with Crippen LogP contribution in [0, 0.1) is 0 Å². The molecule has 0 saturated heterocycles. The summed E-state index contributed by atoms with van der Waals surface area (Å²) >= 11 is 1.34. The fourth-order valence-corrected chi connectivity index (χ4v) is 6.03. The van der Waals surface area contributed by atoms with Crippen LogP contribution < -0.4 is 24.4 Å². The zero-order valence-corrected chi connectivity index (χ0v) is 36.7. The topological polar surface area (TPSA) is 240 Å². The van der Waals surface area contributed by atoms with Crippen molar-refractivity contribution < 1.29 is 76.2 Å². The number of anilines is 1. The molecule has 0 fully saturated rings. The Balaban J connectivity index is 1.42. The maximum Gasteiger partial charge on any atom is 0.343 e. The second-order valence-corrected chi connectivity index (χ2v) is 13.9. The number of aromatic nitrogens is 1. The number of carbonyl (C=O) groups is 7. The maximum absolute atomic E-state index is 13.7. The second-order valence-electron chi connectivity index (χ2n) is 12.9. The molecule has 19 nitrogen and oxygen atoms in total. The average molecular weight is 946 g/mol. The molecule has 1 N–H and O–H groups in total. The van der Waals surface area contributed by atoms with Gasteiger partial charge in [-0.1, -0.05) is 55.3 Å². The van der Waals surface area contributed by atoms with Crippen LogP contribution in [0.2, 0.25) is 0 Å². The van der Waals surface area contributed by atoms with Gasteiger partial charge in [0.05, 0.1) is 34.2 Å². The zero-order valence-electron chi connectivity index (χ0n) is 35.9. The molecule has 0 aliphatic heterocycles. The minimum Gasteiger partial charge on any atom is -0.463 e. The third-order valence-corrected chi connectivity index (χ3v) is 9.31. The van der Waals surface area contributed by atoms with E-state index < -0.39 is 62.2 Å². The molecule has 1 heterocycles. The number of para-hydroxylation sites is 1. The van der Waals surface area contributed by atoms with Crippen molar-refractivity contribution >= 4 is 86.8 Å². The van der Waals surface area contributed by atoms with Crippen LogP contribution in [0.3, 0.4) is 0 Å². The number of ether oxygens (including phenoxy) is 9. The Morgan fingerprint density at radius 3 is 1.72 bits per heavy atom. The summed E-state index contributed by atoms with van der Waals surface area (Å²) in [5.41, 5.74) is 4.23. The molecule has 348 valence electrons. The van der Waals surface area contributed by atoms with E-state index in [1.54, 1.807) is 6.92 Å². The molecule has 0 aliphatic rings. The molecule has 0 amide bonds. The first-order valence-electron chi connectivity index (χ1n) is 19.7. The molecule has 0 saturated carbocycles. The minimum atomic E-state index is -0.904. The third-order valence-electron chi connectivity index (χ3n) is 8.37. The molecular weight excluding hydrogens is 907 g/mol. The lowest BCUT2D eigenvalue weighted by molar-refractivity contribution is -0.160. The van der Waals surface area contributed by atoms with Gasteiger partial charge in [0.15, 0.2) is 0 Å². The molecule has 0 atom stereocenters. The highest BCUT2D eigenvalue weighted by atomic mass is 32.1. The average Bonchev–Trinajstić information content (AvgIpc) is 3.76. The number of thiazole rings is 1. The predicted molar refractivity (Wildman–Crippen MR) is 246 cm³/mol.